The lowest BCUT2D eigenvalue weighted by atomic mass is 10.1. The zero-order valence-corrected chi connectivity index (χ0v) is 15.8. The number of nitrogens with one attached hydrogen (secondary N) is 1. The standard InChI is InChI=1S/C18H21ClN2O3S/c1-14-4-3-5-15(12-14)13-21(25(2,23)24)11-10-20-18(22)16-6-8-17(19)9-7-16/h3-9,12H,10-11,13H2,1-2H3,(H,20,22). The molecule has 0 spiro atoms. The highest BCUT2D eigenvalue weighted by Crippen LogP contribution is 2.11. The third kappa shape index (κ3) is 6.16. The van der Waals surface area contributed by atoms with Gasteiger partial charge in [0.15, 0.2) is 0 Å². The molecular weight excluding hydrogens is 360 g/mol. The number of nitrogens with zero attached hydrogens (tertiary/aromatic N) is 1. The molecule has 0 aliphatic heterocycles. The van der Waals surface area contributed by atoms with Crippen molar-refractivity contribution in [1.29, 1.82) is 0 Å². The molecule has 0 aromatic heterocycles. The molecule has 2 aromatic carbocycles. The van der Waals surface area contributed by atoms with Crippen molar-refractivity contribution >= 4 is 27.5 Å². The molecule has 0 heterocycles. The largest absolute Gasteiger partial charge is 0.351 e. The zero-order chi connectivity index (χ0) is 18.4. The van der Waals surface area contributed by atoms with Crippen molar-refractivity contribution < 1.29 is 13.2 Å². The van der Waals surface area contributed by atoms with Gasteiger partial charge < -0.3 is 5.32 Å². The first kappa shape index (κ1) is 19.4. The zero-order valence-electron chi connectivity index (χ0n) is 14.2. The first-order valence-corrected chi connectivity index (χ1v) is 10.0. The van der Waals surface area contributed by atoms with Gasteiger partial charge in [0, 0.05) is 30.2 Å². The Hall–Kier alpha value is -1.89. The van der Waals surface area contributed by atoms with Gasteiger partial charge in [0.2, 0.25) is 10.0 Å². The maximum Gasteiger partial charge on any atom is 0.251 e. The van der Waals surface area contributed by atoms with Crippen molar-refractivity contribution in [3.05, 3.63) is 70.2 Å². The van der Waals surface area contributed by atoms with Crippen LogP contribution in [-0.4, -0.2) is 38.0 Å². The Labute approximate surface area is 153 Å². The van der Waals surface area contributed by atoms with Crippen LogP contribution in [0.25, 0.3) is 0 Å². The fraction of sp³-hybridized carbons (Fsp3) is 0.278. The molecule has 0 fully saturated rings. The summed E-state index contributed by atoms with van der Waals surface area (Å²) in [5.74, 6) is -0.263. The topological polar surface area (TPSA) is 66.5 Å². The van der Waals surface area contributed by atoms with Crippen LogP contribution < -0.4 is 5.32 Å². The van der Waals surface area contributed by atoms with Gasteiger partial charge in [0.1, 0.15) is 0 Å². The van der Waals surface area contributed by atoms with Gasteiger partial charge >= 0.3 is 0 Å². The van der Waals surface area contributed by atoms with Gasteiger partial charge in [-0.15, -0.1) is 0 Å². The van der Waals surface area contributed by atoms with E-state index in [2.05, 4.69) is 5.32 Å². The molecule has 2 aromatic rings. The number of carbonyl (C=O) groups excluding carboxylic acids is 1. The van der Waals surface area contributed by atoms with Crippen LogP contribution >= 0.6 is 11.6 Å². The summed E-state index contributed by atoms with van der Waals surface area (Å²) in [6.45, 7) is 2.66. The van der Waals surface area contributed by atoms with E-state index >= 15 is 0 Å². The van der Waals surface area contributed by atoms with Crippen LogP contribution in [0.5, 0.6) is 0 Å². The molecule has 5 nitrogen and oxygen atoms in total. The highest BCUT2D eigenvalue weighted by Gasteiger charge is 2.17. The van der Waals surface area contributed by atoms with Gasteiger partial charge in [-0.3, -0.25) is 4.79 Å². The number of halogens is 1. The number of carbonyl (C=O) groups is 1. The number of aryl methyl sites for hydroxylation is 1. The number of rotatable bonds is 7. The summed E-state index contributed by atoms with van der Waals surface area (Å²) in [5, 5.41) is 3.28. The molecule has 0 saturated heterocycles. The van der Waals surface area contributed by atoms with Crippen LogP contribution in [0.3, 0.4) is 0 Å². The van der Waals surface area contributed by atoms with Crippen molar-refractivity contribution in [2.75, 3.05) is 19.3 Å². The monoisotopic (exact) mass is 380 g/mol. The molecular formula is C18H21ClN2O3S. The normalized spacial score (nSPS) is 11.5. The van der Waals surface area contributed by atoms with E-state index in [1.54, 1.807) is 24.3 Å². The molecule has 0 aliphatic rings. The van der Waals surface area contributed by atoms with Gasteiger partial charge in [0.05, 0.1) is 6.26 Å². The molecule has 2 rings (SSSR count). The lowest BCUT2D eigenvalue weighted by Crippen LogP contribution is -2.37. The predicted molar refractivity (Wildman–Crippen MR) is 100 cm³/mol. The molecule has 0 unspecified atom stereocenters. The van der Waals surface area contributed by atoms with Crippen molar-refractivity contribution in [3.63, 3.8) is 0 Å². The van der Waals surface area contributed by atoms with Crippen LogP contribution in [0.1, 0.15) is 21.5 Å². The third-order valence-electron chi connectivity index (χ3n) is 3.66. The van der Waals surface area contributed by atoms with E-state index < -0.39 is 10.0 Å². The lowest BCUT2D eigenvalue weighted by Gasteiger charge is -2.20. The summed E-state index contributed by atoms with van der Waals surface area (Å²) < 4.78 is 25.4. The predicted octanol–water partition coefficient (Wildman–Crippen LogP) is 2.84. The summed E-state index contributed by atoms with van der Waals surface area (Å²) in [6, 6.07) is 14.2. The maximum absolute atomic E-state index is 12.1. The van der Waals surface area contributed by atoms with Crippen LogP contribution in [0.4, 0.5) is 0 Å². The lowest BCUT2D eigenvalue weighted by molar-refractivity contribution is 0.0951. The number of sulfonamides is 1. The van der Waals surface area contributed by atoms with Gasteiger partial charge in [0.25, 0.3) is 5.91 Å². The minimum Gasteiger partial charge on any atom is -0.351 e. The average Bonchev–Trinajstić information content (AvgIpc) is 2.53. The second-order valence-electron chi connectivity index (χ2n) is 5.85. The molecule has 0 radical (unpaired) electrons. The summed E-state index contributed by atoms with van der Waals surface area (Å²) in [5.41, 5.74) is 2.46. The molecule has 7 heteroatoms. The molecule has 0 saturated carbocycles. The SMILES string of the molecule is Cc1cccc(CN(CCNC(=O)c2ccc(Cl)cc2)S(C)(=O)=O)c1. The van der Waals surface area contributed by atoms with E-state index in [0.29, 0.717) is 10.6 Å². The summed E-state index contributed by atoms with van der Waals surface area (Å²) in [4.78, 5) is 12.1. The van der Waals surface area contributed by atoms with Crippen LogP contribution in [0.2, 0.25) is 5.02 Å². The summed E-state index contributed by atoms with van der Waals surface area (Å²) in [6.07, 6.45) is 1.17. The van der Waals surface area contributed by atoms with E-state index in [1.807, 2.05) is 31.2 Å². The Morgan fingerprint density at radius 2 is 1.84 bits per heavy atom. The molecule has 0 aliphatic carbocycles. The van der Waals surface area contributed by atoms with E-state index in [-0.39, 0.29) is 25.5 Å². The molecule has 1 amide bonds. The Kier molecular flexibility index (Phi) is 6.58. The summed E-state index contributed by atoms with van der Waals surface area (Å²) >= 11 is 5.80. The Morgan fingerprint density at radius 1 is 1.16 bits per heavy atom. The number of amides is 1. The van der Waals surface area contributed by atoms with Crippen LogP contribution in [0, 0.1) is 6.92 Å². The van der Waals surface area contributed by atoms with E-state index in [9.17, 15) is 13.2 Å². The molecule has 0 atom stereocenters. The highest BCUT2D eigenvalue weighted by molar-refractivity contribution is 7.88. The van der Waals surface area contributed by atoms with Crippen molar-refractivity contribution in [1.82, 2.24) is 9.62 Å². The second kappa shape index (κ2) is 8.47. The maximum atomic E-state index is 12.1. The van der Waals surface area contributed by atoms with Crippen molar-refractivity contribution in [2.24, 2.45) is 0 Å². The van der Waals surface area contributed by atoms with E-state index in [1.165, 1.54) is 10.6 Å². The van der Waals surface area contributed by atoms with Gasteiger partial charge in [-0.05, 0) is 36.8 Å². The quantitative estimate of drug-likeness (QED) is 0.803. The minimum atomic E-state index is -3.38. The number of hydrogen-bond donors (Lipinski definition) is 1. The third-order valence-corrected chi connectivity index (χ3v) is 5.17. The molecule has 1 N–H and O–H groups in total. The van der Waals surface area contributed by atoms with Crippen molar-refractivity contribution in [3.8, 4) is 0 Å². The van der Waals surface area contributed by atoms with Gasteiger partial charge in [-0.25, -0.2) is 8.42 Å². The van der Waals surface area contributed by atoms with Gasteiger partial charge in [-0.1, -0.05) is 41.4 Å². The number of benzene rings is 2. The molecule has 0 bridgehead atoms. The van der Waals surface area contributed by atoms with Gasteiger partial charge in [-0.2, -0.15) is 4.31 Å². The van der Waals surface area contributed by atoms with Crippen LogP contribution in [-0.2, 0) is 16.6 Å². The smallest absolute Gasteiger partial charge is 0.251 e. The average molecular weight is 381 g/mol. The van der Waals surface area contributed by atoms with Crippen LogP contribution in [0.15, 0.2) is 48.5 Å². The Balaban J connectivity index is 1.96. The second-order valence-corrected chi connectivity index (χ2v) is 8.27. The van der Waals surface area contributed by atoms with E-state index in [4.69, 9.17) is 11.6 Å². The highest BCUT2D eigenvalue weighted by atomic mass is 35.5. The minimum absolute atomic E-state index is 0.201. The Morgan fingerprint density at radius 3 is 2.44 bits per heavy atom. The molecule has 134 valence electrons. The molecule has 25 heavy (non-hydrogen) atoms. The fourth-order valence-corrected chi connectivity index (χ4v) is 3.31. The first-order valence-electron chi connectivity index (χ1n) is 7.80. The fourth-order valence-electron chi connectivity index (χ4n) is 2.37. The summed E-state index contributed by atoms with van der Waals surface area (Å²) in [7, 11) is -3.38. The first-order chi connectivity index (χ1) is 11.8. The van der Waals surface area contributed by atoms with E-state index in [0.717, 1.165) is 11.1 Å². The number of hydrogen-bond acceptors (Lipinski definition) is 3. The van der Waals surface area contributed by atoms with Crippen molar-refractivity contribution in [2.45, 2.75) is 13.5 Å². The Bertz CT molecular complexity index is 836.